The van der Waals surface area contributed by atoms with Crippen LogP contribution >= 0.6 is 35.0 Å². The molecule has 0 aromatic heterocycles. The summed E-state index contributed by atoms with van der Waals surface area (Å²) in [5.41, 5.74) is 1.17. The van der Waals surface area contributed by atoms with Gasteiger partial charge in [-0.3, -0.25) is 0 Å². The van der Waals surface area contributed by atoms with Crippen molar-refractivity contribution in [1.82, 2.24) is 5.32 Å². The highest BCUT2D eigenvalue weighted by Gasteiger charge is 2.39. The molecule has 100 valence electrons. The first-order valence-electron chi connectivity index (χ1n) is 6.39. The Hall–Kier alpha value is 0.110. The van der Waals surface area contributed by atoms with Gasteiger partial charge in [0.2, 0.25) is 0 Å². The largest absolute Gasteiger partial charge is 0.309 e. The number of hydrogen-bond donors (Lipinski definition) is 1. The van der Waals surface area contributed by atoms with Crippen LogP contribution in [0.2, 0.25) is 10.0 Å². The fourth-order valence-electron chi connectivity index (χ4n) is 2.62. The van der Waals surface area contributed by atoms with Crippen LogP contribution in [-0.2, 0) is 0 Å². The van der Waals surface area contributed by atoms with Crippen molar-refractivity contribution in [3.8, 4) is 0 Å². The molecular weight excluding hydrogens is 285 g/mol. The molecule has 0 amide bonds. The molecule has 1 aromatic carbocycles. The summed E-state index contributed by atoms with van der Waals surface area (Å²) >= 11 is 14.4. The van der Waals surface area contributed by atoms with Gasteiger partial charge in [-0.2, -0.15) is 11.8 Å². The fraction of sp³-hybridized carbons (Fsp3) is 0.571. The molecule has 0 bridgehead atoms. The first-order valence-corrected chi connectivity index (χ1v) is 8.13. The Morgan fingerprint density at radius 3 is 2.78 bits per heavy atom. The average Bonchev–Trinajstić information content (AvgIpc) is 2.75. The summed E-state index contributed by atoms with van der Waals surface area (Å²) in [6.07, 6.45) is 2.52. The number of rotatable bonds is 4. The molecule has 0 spiro atoms. The van der Waals surface area contributed by atoms with E-state index in [9.17, 15) is 0 Å². The SMILES string of the molecule is CCNC(c1ccc(Cl)cc1Cl)C1(C)CCCS1. The van der Waals surface area contributed by atoms with Crippen molar-refractivity contribution in [3.63, 3.8) is 0 Å². The van der Waals surface area contributed by atoms with Crippen LogP contribution < -0.4 is 5.32 Å². The minimum atomic E-state index is 0.230. The molecule has 2 atom stereocenters. The Morgan fingerprint density at radius 2 is 2.22 bits per heavy atom. The molecule has 1 aromatic rings. The van der Waals surface area contributed by atoms with E-state index in [0.29, 0.717) is 11.1 Å². The minimum Gasteiger partial charge on any atom is -0.309 e. The van der Waals surface area contributed by atoms with Gasteiger partial charge in [-0.05, 0) is 49.8 Å². The van der Waals surface area contributed by atoms with Crippen LogP contribution in [0.15, 0.2) is 18.2 Å². The number of nitrogens with one attached hydrogen (secondary N) is 1. The fourth-order valence-corrected chi connectivity index (χ4v) is 4.56. The number of hydrogen-bond acceptors (Lipinski definition) is 2. The third-order valence-corrected chi connectivity index (χ3v) is 5.70. The molecule has 1 saturated heterocycles. The van der Waals surface area contributed by atoms with Gasteiger partial charge in [-0.1, -0.05) is 36.2 Å². The average molecular weight is 304 g/mol. The van der Waals surface area contributed by atoms with E-state index in [0.717, 1.165) is 11.6 Å². The predicted octanol–water partition coefficient (Wildman–Crippen LogP) is 4.93. The lowest BCUT2D eigenvalue weighted by atomic mass is 9.90. The van der Waals surface area contributed by atoms with Crippen molar-refractivity contribution < 1.29 is 0 Å². The normalized spacial score (nSPS) is 25.3. The van der Waals surface area contributed by atoms with Crippen molar-refractivity contribution in [3.05, 3.63) is 33.8 Å². The topological polar surface area (TPSA) is 12.0 Å². The van der Waals surface area contributed by atoms with E-state index >= 15 is 0 Å². The molecule has 1 heterocycles. The van der Waals surface area contributed by atoms with Crippen molar-refractivity contribution in [2.75, 3.05) is 12.3 Å². The van der Waals surface area contributed by atoms with E-state index in [2.05, 4.69) is 25.2 Å². The molecule has 1 aliphatic heterocycles. The maximum absolute atomic E-state index is 6.37. The van der Waals surface area contributed by atoms with Crippen molar-refractivity contribution in [2.45, 2.75) is 37.5 Å². The molecule has 1 aliphatic rings. The summed E-state index contributed by atoms with van der Waals surface area (Å²) in [7, 11) is 0. The van der Waals surface area contributed by atoms with Gasteiger partial charge < -0.3 is 5.32 Å². The molecule has 2 unspecified atom stereocenters. The maximum atomic E-state index is 6.37. The van der Waals surface area contributed by atoms with Crippen molar-refractivity contribution in [2.24, 2.45) is 0 Å². The Bertz CT molecular complexity index is 416. The molecule has 0 radical (unpaired) electrons. The zero-order chi connectivity index (χ0) is 13.2. The predicted molar refractivity (Wildman–Crippen MR) is 83.0 cm³/mol. The molecule has 1 N–H and O–H groups in total. The van der Waals surface area contributed by atoms with Crippen LogP contribution in [0.5, 0.6) is 0 Å². The van der Waals surface area contributed by atoms with Gasteiger partial charge in [0.1, 0.15) is 0 Å². The standard InChI is InChI=1S/C14H19Cl2NS/c1-3-17-13(14(2)7-4-8-18-14)11-6-5-10(15)9-12(11)16/h5-6,9,13,17H,3-4,7-8H2,1-2H3. The highest BCUT2D eigenvalue weighted by molar-refractivity contribution is 8.00. The van der Waals surface area contributed by atoms with Crippen LogP contribution in [0.25, 0.3) is 0 Å². The molecule has 1 fully saturated rings. The first kappa shape index (κ1) is 14.5. The zero-order valence-corrected chi connectivity index (χ0v) is 13.1. The lowest BCUT2D eigenvalue weighted by molar-refractivity contribution is 0.421. The molecule has 0 aliphatic carbocycles. The lowest BCUT2D eigenvalue weighted by Crippen LogP contribution is -2.37. The zero-order valence-electron chi connectivity index (χ0n) is 10.8. The molecule has 4 heteroatoms. The number of benzene rings is 1. The molecule has 18 heavy (non-hydrogen) atoms. The smallest absolute Gasteiger partial charge is 0.0481 e. The minimum absolute atomic E-state index is 0.230. The highest BCUT2D eigenvalue weighted by Crippen LogP contribution is 2.47. The third kappa shape index (κ3) is 2.98. The third-order valence-electron chi connectivity index (χ3n) is 3.54. The summed E-state index contributed by atoms with van der Waals surface area (Å²) in [6.45, 7) is 5.42. The van der Waals surface area contributed by atoms with Crippen LogP contribution in [0.1, 0.15) is 38.3 Å². The Balaban J connectivity index is 2.34. The van der Waals surface area contributed by atoms with Crippen molar-refractivity contribution >= 4 is 35.0 Å². The van der Waals surface area contributed by atoms with Gasteiger partial charge in [-0.15, -0.1) is 0 Å². The summed E-state index contributed by atoms with van der Waals surface area (Å²) in [5.74, 6) is 1.24. The first-order chi connectivity index (χ1) is 8.57. The summed E-state index contributed by atoms with van der Waals surface area (Å²) in [4.78, 5) is 0. The summed E-state index contributed by atoms with van der Waals surface area (Å²) < 4.78 is 0.230. The second-order valence-electron chi connectivity index (χ2n) is 4.92. The molecule has 2 rings (SSSR count). The van der Waals surface area contributed by atoms with E-state index in [1.807, 2.05) is 23.9 Å². The number of halogens is 2. The summed E-state index contributed by atoms with van der Waals surface area (Å²) in [5, 5.41) is 5.06. The van der Waals surface area contributed by atoms with E-state index in [1.165, 1.54) is 24.2 Å². The quantitative estimate of drug-likeness (QED) is 0.846. The number of thioether (sulfide) groups is 1. The summed E-state index contributed by atoms with van der Waals surface area (Å²) in [6, 6.07) is 6.11. The van der Waals surface area contributed by atoms with Crippen LogP contribution in [-0.4, -0.2) is 17.0 Å². The van der Waals surface area contributed by atoms with Crippen molar-refractivity contribution in [1.29, 1.82) is 0 Å². The van der Waals surface area contributed by atoms with E-state index < -0.39 is 0 Å². The monoisotopic (exact) mass is 303 g/mol. The van der Waals surface area contributed by atoms with E-state index in [1.54, 1.807) is 0 Å². The highest BCUT2D eigenvalue weighted by atomic mass is 35.5. The van der Waals surface area contributed by atoms with Gasteiger partial charge in [0.05, 0.1) is 0 Å². The second kappa shape index (κ2) is 6.04. The molecule has 1 nitrogen and oxygen atoms in total. The Labute approximate surface area is 124 Å². The Kier molecular flexibility index (Phi) is 4.87. The molecule has 0 saturated carbocycles. The van der Waals surface area contributed by atoms with Gasteiger partial charge in [0.15, 0.2) is 0 Å². The van der Waals surface area contributed by atoms with Gasteiger partial charge in [0, 0.05) is 20.8 Å². The second-order valence-corrected chi connectivity index (χ2v) is 7.39. The van der Waals surface area contributed by atoms with E-state index in [-0.39, 0.29) is 4.75 Å². The maximum Gasteiger partial charge on any atom is 0.0481 e. The van der Waals surface area contributed by atoms with E-state index in [4.69, 9.17) is 23.2 Å². The Morgan fingerprint density at radius 1 is 1.44 bits per heavy atom. The van der Waals surface area contributed by atoms with Gasteiger partial charge in [-0.25, -0.2) is 0 Å². The van der Waals surface area contributed by atoms with Gasteiger partial charge in [0.25, 0.3) is 0 Å². The van der Waals surface area contributed by atoms with Gasteiger partial charge >= 0.3 is 0 Å². The lowest BCUT2D eigenvalue weighted by Gasteiger charge is -2.35. The molecular formula is C14H19Cl2NS. The van der Waals surface area contributed by atoms with Crippen LogP contribution in [0.4, 0.5) is 0 Å². The van der Waals surface area contributed by atoms with Crippen LogP contribution in [0, 0.1) is 0 Å². The van der Waals surface area contributed by atoms with Crippen LogP contribution in [0.3, 0.4) is 0 Å².